The van der Waals surface area contributed by atoms with Crippen molar-refractivity contribution in [2.45, 2.75) is 19.8 Å². The summed E-state index contributed by atoms with van der Waals surface area (Å²) in [4.78, 5) is 39.4. The fourth-order valence-electron chi connectivity index (χ4n) is 2.58. The van der Waals surface area contributed by atoms with E-state index in [0.717, 1.165) is 0 Å². The molecule has 0 bridgehead atoms. The Hall–Kier alpha value is -3.23. The Morgan fingerprint density at radius 3 is 2.85 bits per heavy atom. The number of aryl methyl sites for hydroxylation is 1. The van der Waals surface area contributed by atoms with Crippen molar-refractivity contribution in [2.24, 2.45) is 0 Å². The number of carbonyl (C=O) groups excluding carboxylic acids is 1. The summed E-state index contributed by atoms with van der Waals surface area (Å²) in [5.74, 6) is 1.73. The van der Waals surface area contributed by atoms with E-state index in [-0.39, 0.29) is 25.5 Å². The predicted molar refractivity (Wildman–Crippen MR) is 91.8 cm³/mol. The van der Waals surface area contributed by atoms with Crippen molar-refractivity contribution in [1.82, 2.24) is 15.3 Å². The standard InChI is InChI=1S/C17H19N3O6/c1-10-12(16(22)20-17(23)19-10)3-5-15(21)18-6-7-24-11-2-4-13-14(8-11)26-9-25-13/h2,4,8H,3,5-7,9H2,1H3,(H,18,21)(H2,19,20,22,23). The third-order valence-electron chi connectivity index (χ3n) is 3.89. The summed E-state index contributed by atoms with van der Waals surface area (Å²) in [7, 11) is 0. The van der Waals surface area contributed by atoms with Crippen molar-refractivity contribution in [3.8, 4) is 17.2 Å². The number of aromatic nitrogens is 2. The van der Waals surface area contributed by atoms with Crippen molar-refractivity contribution in [1.29, 1.82) is 0 Å². The molecule has 0 saturated carbocycles. The van der Waals surface area contributed by atoms with E-state index in [0.29, 0.717) is 41.7 Å². The Labute approximate surface area is 148 Å². The molecule has 0 saturated heterocycles. The molecule has 138 valence electrons. The number of hydrogen-bond donors (Lipinski definition) is 3. The van der Waals surface area contributed by atoms with E-state index < -0.39 is 11.2 Å². The second-order valence-corrected chi connectivity index (χ2v) is 5.73. The van der Waals surface area contributed by atoms with Gasteiger partial charge < -0.3 is 24.5 Å². The lowest BCUT2D eigenvalue weighted by Crippen LogP contribution is -2.30. The molecule has 3 N–H and O–H groups in total. The molecule has 3 rings (SSSR count). The van der Waals surface area contributed by atoms with E-state index in [1.54, 1.807) is 25.1 Å². The topological polar surface area (TPSA) is 123 Å². The van der Waals surface area contributed by atoms with Crippen LogP contribution < -0.4 is 30.8 Å². The molecule has 0 radical (unpaired) electrons. The minimum atomic E-state index is -0.554. The summed E-state index contributed by atoms with van der Waals surface area (Å²) in [6, 6.07) is 5.26. The van der Waals surface area contributed by atoms with Crippen molar-refractivity contribution in [2.75, 3.05) is 19.9 Å². The van der Waals surface area contributed by atoms with Crippen LogP contribution in [0.1, 0.15) is 17.7 Å². The highest BCUT2D eigenvalue weighted by molar-refractivity contribution is 5.76. The highest BCUT2D eigenvalue weighted by atomic mass is 16.7. The van der Waals surface area contributed by atoms with Gasteiger partial charge in [-0.2, -0.15) is 0 Å². The molecule has 0 unspecified atom stereocenters. The van der Waals surface area contributed by atoms with Gasteiger partial charge in [0.15, 0.2) is 11.5 Å². The third kappa shape index (κ3) is 4.24. The van der Waals surface area contributed by atoms with E-state index in [2.05, 4.69) is 15.3 Å². The van der Waals surface area contributed by atoms with Crippen LogP contribution in [0.3, 0.4) is 0 Å². The van der Waals surface area contributed by atoms with Crippen LogP contribution in [0.5, 0.6) is 17.2 Å². The summed E-state index contributed by atoms with van der Waals surface area (Å²) in [5.41, 5.74) is -0.152. The van der Waals surface area contributed by atoms with Crippen LogP contribution in [0, 0.1) is 6.92 Å². The Morgan fingerprint density at radius 2 is 2.04 bits per heavy atom. The highest BCUT2D eigenvalue weighted by Crippen LogP contribution is 2.34. The van der Waals surface area contributed by atoms with Crippen molar-refractivity contribution < 1.29 is 19.0 Å². The Morgan fingerprint density at radius 1 is 1.23 bits per heavy atom. The average molecular weight is 361 g/mol. The lowest BCUT2D eigenvalue weighted by atomic mass is 10.1. The lowest BCUT2D eigenvalue weighted by molar-refractivity contribution is -0.121. The zero-order chi connectivity index (χ0) is 18.5. The number of benzene rings is 1. The molecule has 1 aliphatic heterocycles. The maximum atomic E-state index is 11.9. The second kappa shape index (κ2) is 7.77. The number of ether oxygens (including phenoxy) is 3. The van der Waals surface area contributed by atoms with Gasteiger partial charge in [0.25, 0.3) is 5.56 Å². The van der Waals surface area contributed by atoms with Crippen LogP contribution in [0.25, 0.3) is 0 Å². The number of H-pyrrole nitrogens is 2. The van der Waals surface area contributed by atoms with Gasteiger partial charge in [-0.15, -0.1) is 0 Å². The molecule has 2 aromatic rings. The van der Waals surface area contributed by atoms with Gasteiger partial charge >= 0.3 is 5.69 Å². The van der Waals surface area contributed by atoms with Crippen LogP contribution in [0.4, 0.5) is 0 Å². The third-order valence-corrected chi connectivity index (χ3v) is 3.89. The lowest BCUT2D eigenvalue weighted by Gasteiger charge is -2.09. The van der Waals surface area contributed by atoms with Gasteiger partial charge in [-0.25, -0.2) is 4.79 Å². The van der Waals surface area contributed by atoms with Crippen molar-refractivity contribution in [3.63, 3.8) is 0 Å². The Balaban J connectivity index is 1.41. The largest absolute Gasteiger partial charge is 0.492 e. The van der Waals surface area contributed by atoms with Gasteiger partial charge in [0, 0.05) is 23.7 Å². The molecular formula is C17H19N3O6. The maximum Gasteiger partial charge on any atom is 0.325 e. The zero-order valence-electron chi connectivity index (χ0n) is 14.2. The summed E-state index contributed by atoms with van der Waals surface area (Å²) in [5, 5.41) is 2.72. The number of carbonyl (C=O) groups is 1. The molecule has 1 aromatic heterocycles. The minimum absolute atomic E-state index is 0.139. The van der Waals surface area contributed by atoms with Crippen LogP contribution in [-0.2, 0) is 11.2 Å². The highest BCUT2D eigenvalue weighted by Gasteiger charge is 2.13. The fraction of sp³-hybridized carbons (Fsp3) is 0.353. The minimum Gasteiger partial charge on any atom is -0.492 e. The molecule has 9 heteroatoms. The van der Waals surface area contributed by atoms with E-state index in [1.165, 1.54) is 0 Å². The number of rotatable bonds is 7. The molecular weight excluding hydrogens is 342 g/mol. The maximum absolute atomic E-state index is 11.9. The molecule has 0 atom stereocenters. The number of fused-ring (bicyclic) bond motifs is 1. The summed E-state index contributed by atoms with van der Waals surface area (Å²) in [6.45, 7) is 2.45. The number of amides is 1. The first-order chi connectivity index (χ1) is 12.5. The van der Waals surface area contributed by atoms with Crippen LogP contribution >= 0.6 is 0 Å². The number of hydrogen-bond acceptors (Lipinski definition) is 6. The van der Waals surface area contributed by atoms with E-state index in [4.69, 9.17) is 14.2 Å². The molecule has 1 aliphatic rings. The molecule has 0 fully saturated rings. The zero-order valence-corrected chi connectivity index (χ0v) is 14.2. The van der Waals surface area contributed by atoms with E-state index in [9.17, 15) is 14.4 Å². The smallest absolute Gasteiger partial charge is 0.325 e. The van der Waals surface area contributed by atoms with E-state index in [1.807, 2.05) is 0 Å². The average Bonchev–Trinajstić information content (AvgIpc) is 3.05. The molecule has 2 heterocycles. The molecule has 26 heavy (non-hydrogen) atoms. The summed E-state index contributed by atoms with van der Waals surface area (Å²) >= 11 is 0. The van der Waals surface area contributed by atoms with Crippen LogP contribution in [0.2, 0.25) is 0 Å². The van der Waals surface area contributed by atoms with E-state index >= 15 is 0 Å². The Kier molecular flexibility index (Phi) is 5.26. The van der Waals surface area contributed by atoms with Gasteiger partial charge in [-0.1, -0.05) is 0 Å². The normalized spacial score (nSPS) is 12.0. The van der Waals surface area contributed by atoms with Gasteiger partial charge in [-0.3, -0.25) is 14.6 Å². The molecule has 0 spiro atoms. The van der Waals surface area contributed by atoms with Crippen LogP contribution in [-0.4, -0.2) is 35.8 Å². The second-order valence-electron chi connectivity index (χ2n) is 5.73. The molecule has 1 amide bonds. The van der Waals surface area contributed by atoms with Gasteiger partial charge in [0.2, 0.25) is 12.7 Å². The summed E-state index contributed by atoms with van der Waals surface area (Å²) < 4.78 is 16.0. The quantitative estimate of drug-likeness (QED) is 0.607. The summed E-state index contributed by atoms with van der Waals surface area (Å²) in [6.07, 6.45) is 0.382. The first-order valence-corrected chi connectivity index (χ1v) is 8.14. The SMILES string of the molecule is Cc1[nH]c(=O)[nH]c(=O)c1CCC(=O)NCCOc1ccc2c(c1)OCO2. The molecule has 9 nitrogen and oxygen atoms in total. The Bertz CT molecular complexity index is 917. The predicted octanol–water partition coefficient (Wildman–Crippen LogP) is 0.228. The van der Waals surface area contributed by atoms with Crippen molar-refractivity contribution >= 4 is 5.91 Å². The monoisotopic (exact) mass is 361 g/mol. The van der Waals surface area contributed by atoms with Crippen molar-refractivity contribution in [3.05, 3.63) is 50.3 Å². The number of aromatic amines is 2. The first-order valence-electron chi connectivity index (χ1n) is 8.14. The van der Waals surface area contributed by atoms with Gasteiger partial charge in [-0.05, 0) is 25.5 Å². The molecule has 1 aromatic carbocycles. The van der Waals surface area contributed by atoms with Crippen LogP contribution in [0.15, 0.2) is 27.8 Å². The van der Waals surface area contributed by atoms with Gasteiger partial charge in [0.05, 0.1) is 6.54 Å². The molecule has 0 aliphatic carbocycles. The first kappa shape index (κ1) is 17.6. The van der Waals surface area contributed by atoms with Gasteiger partial charge in [0.1, 0.15) is 12.4 Å². The fourth-order valence-corrected chi connectivity index (χ4v) is 2.58. The number of nitrogens with one attached hydrogen (secondary N) is 3.